The third-order valence-electron chi connectivity index (χ3n) is 6.49. The molecule has 0 radical (unpaired) electrons. The average Bonchev–Trinajstić information content (AvgIpc) is 2.95. The number of halogens is 2. The Hall–Kier alpha value is -3.83. The first-order chi connectivity index (χ1) is 20.2. The van der Waals surface area contributed by atoms with E-state index in [1.807, 2.05) is 20.8 Å². The van der Waals surface area contributed by atoms with E-state index in [-0.39, 0.29) is 35.2 Å². The Morgan fingerprint density at radius 2 is 1.56 bits per heavy atom. The maximum atomic E-state index is 14.1. The van der Waals surface area contributed by atoms with E-state index in [4.69, 9.17) is 21.1 Å². The molecule has 1 atom stereocenters. The van der Waals surface area contributed by atoms with Gasteiger partial charge in [0.2, 0.25) is 11.8 Å². The quantitative estimate of drug-likeness (QED) is 0.286. The van der Waals surface area contributed by atoms with Gasteiger partial charge in [-0.1, -0.05) is 30.7 Å². The first-order valence-corrected chi connectivity index (χ1v) is 15.4. The van der Waals surface area contributed by atoms with Crippen LogP contribution < -0.4 is 19.1 Å². The smallest absolute Gasteiger partial charge is 0.264 e. The molecule has 0 heterocycles. The number of carbonyl (C=O) groups is 2. The molecule has 232 valence electrons. The number of benzene rings is 3. The highest BCUT2D eigenvalue weighted by molar-refractivity contribution is 7.92. The second kappa shape index (κ2) is 14.1. The molecule has 1 unspecified atom stereocenters. The van der Waals surface area contributed by atoms with Gasteiger partial charge in [0.15, 0.2) is 11.5 Å². The molecule has 9 nitrogen and oxygen atoms in total. The lowest BCUT2D eigenvalue weighted by Gasteiger charge is -2.34. The summed E-state index contributed by atoms with van der Waals surface area (Å²) >= 11 is 6.06. The van der Waals surface area contributed by atoms with Crippen molar-refractivity contribution in [2.24, 2.45) is 0 Å². The van der Waals surface area contributed by atoms with E-state index in [0.29, 0.717) is 16.3 Å². The fourth-order valence-electron chi connectivity index (χ4n) is 4.40. The van der Waals surface area contributed by atoms with Crippen molar-refractivity contribution in [2.45, 2.75) is 57.1 Å². The molecular weight excluding hydrogens is 597 g/mol. The van der Waals surface area contributed by atoms with Crippen molar-refractivity contribution < 1.29 is 31.9 Å². The monoisotopic (exact) mass is 633 g/mol. The van der Waals surface area contributed by atoms with Gasteiger partial charge in [-0.15, -0.1) is 0 Å². The van der Waals surface area contributed by atoms with Crippen molar-refractivity contribution in [3.63, 3.8) is 0 Å². The highest BCUT2D eigenvalue weighted by Crippen LogP contribution is 2.32. The lowest BCUT2D eigenvalue weighted by atomic mass is 10.1. The molecule has 0 saturated heterocycles. The Balaban J connectivity index is 2.10. The summed E-state index contributed by atoms with van der Waals surface area (Å²) in [6.07, 6.45) is 0.264. The molecule has 0 saturated carbocycles. The Kier molecular flexibility index (Phi) is 11.0. The van der Waals surface area contributed by atoms with Crippen LogP contribution in [-0.2, 0) is 26.2 Å². The number of ether oxygens (including phenoxy) is 2. The van der Waals surface area contributed by atoms with E-state index in [1.54, 1.807) is 31.2 Å². The minimum atomic E-state index is -4.40. The molecule has 43 heavy (non-hydrogen) atoms. The Morgan fingerprint density at radius 1 is 0.953 bits per heavy atom. The molecule has 0 aliphatic carbocycles. The number of amides is 2. The van der Waals surface area contributed by atoms with E-state index in [2.05, 4.69) is 5.32 Å². The number of rotatable bonds is 12. The van der Waals surface area contributed by atoms with Crippen LogP contribution in [-0.4, -0.2) is 57.5 Å². The van der Waals surface area contributed by atoms with Gasteiger partial charge >= 0.3 is 0 Å². The molecule has 0 spiro atoms. The molecule has 1 N–H and O–H groups in total. The van der Waals surface area contributed by atoms with Gasteiger partial charge in [0.25, 0.3) is 10.0 Å². The van der Waals surface area contributed by atoms with Gasteiger partial charge in [-0.2, -0.15) is 0 Å². The predicted molar refractivity (Wildman–Crippen MR) is 164 cm³/mol. The van der Waals surface area contributed by atoms with Crippen LogP contribution in [0.5, 0.6) is 11.5 Å². The van der Waals surface area contributed by atoms with Crippen molar-refractivity contribution in [3.05, 3.63) is 83.1 Å². The Morgan fingerprint density at radius 3 is 2.09 bits per heavy atom. The van der Waals surface area contributed by atoms with Crippen molar-refractivity contribution in [2.75, 3.05) is 25.1 Å². The minimum absolute atomic E-state index is 0.0136. The molecule has 3 aromatic rings. The average molecular weight is 634 g/mol. The standard InChI is InChI=1S/C31H37ClFN3O6S/c1-7-26(30(38)34-31(2,3)4)35(19-21-8-10-22(32)11-9-21)29(37)20-36(24-14-12-23(33)13-15-24)43(39,40)25-16-17-27(41-5)28(18-25)42-6/h8-18,26H,7,19-20H2,1-6H3,(H,34,38). The minimum Gasteiger partial charge on any atom is -0.493 e. The topological polar surface area (TPSA) is 105 Å². The Labute approximate surface area is 257 Å². The van der Waals surface area contributed by atoms with Crippen LogP contribution in [0.15, 0.2) is 71.6 Å². The largest absolute Gasteiger partial charge is 0.493 e. The van der Waals surface area contributed by atoms with Crippen molar-refractivity contribution in [1.29, 1.82) is 0 Å². The zero-order chi connectivity index (χ0) is 31.9. The molecule has 2 amide bonds. The fraction of sp³-hybridized carbons (Fsp3) is 0.355. The zero-order valence-corrected chi connectivity index (χ0v) is 26.6. The van der Waals surface area contributed by atoms with Crippen LogP contribution >= 0.6 is 11.6 Å². The van der Waals surface area contributed by atoms with Gasteiger partial charge in [0, 0.05) is 23.2 Å². The number of methoxy groups -OCH3 is 2. The molecule has 0 bridgehead atoms. The van der Waals surface area contributed by atoms with Crippen molar-refractivity contribution >= 4 is 39.1 Å². The van der Waals surface area contributed by atoms with Crippen molar-refractivity contribution in [1.82, 2.24) is 10.2 Å². The molecule has 0 aromatic heterocycles. The van der Waals surface area contributed by atoms with Gasteiger partial charge in [-0.25, -0.2) is 12.8 Å². The zero-order valence-electron chi connectivity index (χ0n) is 25.1. The first-order valence-electron chi connectivity index (χ1n) is 13.6. The normalized spacial score (nSPS) is 12.3. The summed E-state index contributed by atoms with van der Waals surface area (Å²) < 4.78 is 53.4. The maximum Gasteiger partial charge on any atom is 0.264 e. The SMILES string of the molecule is CCC(C(=O)NC(C)(C)C)N(Cc1ccc(Cl)cc1)C(=O)CN(c1ccc(F)cc1)S(=O)(=O)c1ccc(OC)c(OC)c1. The number of hydrogen-bond donors (Lipinski definition) is 1. The fourth-order valence-corrected chi connectivity index (χ4v) is 5.96. The van der Waals surface area contributed by atoms with Crippen LogP contribution in [0.25, 0.3) is 0 Å². The number of nitrogens with zero attached hydrogens (tertiary/aromatic N) is 2. The van der Waals surface area contributed by atoms with E-state index in [0.717, 1.165) is 16.4 Å². The van der Waals surface area contributed by atoms with Gasteiger partial charge in [-0.05, 0) is 81.3 Å². The molecule has 0 aliphatic rings. The first kappa shape index (κ1) is 33.7. The van der Waals surface area contributed by atoms with Crippen LogP contribution in [0.4, 0.5) is 10.1 Å². The summed E-state index contributed by atoms with van der Waals surface area (Å²) in [6, 6.07) is 14.7. The van der Waals surface area contributed by atoms with Crippen LogP contribution in [0, 0.1) is 5.82 Å². The summed E-state index contributed by atoms with van der Waals surface area (Å²) in [4.78, 5) is 28.7. The van der Waals surface area contributed by atoms with Gasteiger partial charge in [0.1, 0.15) is 18.4 Å². The highest BCUT2D eigenvalue weighted by Gasteiger charge is 2.35. The Bertz CT molecular complexity index is 1530. The van der Waals surface area contributed by atoms with Gasteiger partial charge in [0.05, 0.1) is 24.8 Å². The summed E-state index contributed by atoms with van der Waals surface area (Å²) in [5.74, 6) is -1.11. The maximum absolute atomic E-state index is 14.1. The lowest BCUT2D eigenvalue weighted by Crippen LogP contribution is -2.55. The summed E-state index contributed by atoms with van der Waals surface area (Å²) in [5.41, 5.74) is 0.176. The van der Waals surface area contributed by atoms with E-state index in [1.165, 1.54) is 49.5 Å². The molecule has 12 heteroatoms. The van der Waals surface area contributed by atoms with E-state index >= 15 is 0 Å². The molecule has 0 aliphatic heterocycles. The second-order valence-corrected chi connectivity index (χ2v) is 13.1. The second-order valence-electron chi connectivity index (χ2n) is 10.8. The summed E-state index contributed by atoms with van der Waals surface area (Å²) in [6.45, 7) is 6.60. The number of nitrogens with one attached hydrogen (secondary N) is 1. The van der Waals surface area contributed by atoms with Gasteiger partial charge < -0.3 is 19.7 Å². The predicted octanol–water partition coefficient (Wildman–Crippen LogP) is 5.41. The summed E-state index contributed by atoms with van der Waals surface area (Å²) in [7, 11) is -1.61. The molecular formula is C31H37ClFN3O6S. The van der Waals surface area contributed by atoms with E-state index < -0.39 is 39.9 Å². The van der Waals surface area contributed by atoms with Crippen molar-refractivity contribution in [3.8, 4) is 11.5 Å². The van der Waals surface area contributed by atoms with Crippen LogP contribution in [0.1, 0.15) is 39.7 Å². The highest BCUT2D eigenvalue weighted by atomic mass is 35.5. The van der Waals surface area contributed by atoms with E-state index in [9.17, 15) is 22.4 Å². The van der Waals surface area contributed by atoms with Crippen LogP contribution in [0.2, 0.25) is 5.02 Å². The number of sulfonamides is 1. The molecule has 3 aromatic carbocycles. The number of carbonyl (C=O) groups excluding carboxylic acids is 2. The molecule has 0 fully saturated rings. The third-order valence-corrected chi connectivity index (χ3v) is 8.51. The van der Waals surface area contributed by atoms with Gasteiger partial charge in [-0.3, -0.25) is 13.9 Å². The third kappa shape index (κ3) is 8.61. The lowest BCUT2D eigenvalue weighted by molar-refractivity contribution is -0.141. The number of hydrogen-bond acceptors (Lipinski definition) is 6. The summed E-state index contributed by atoms with van der Waals surface area (Å²) in [5, 5.41) is 3.42. The van der Waals surface area contributed by atoms with Crippen LogP contribution in [0.3, 0.4) is 0 Å². The molecule has 3 rings (SSSR count). The number of anilines is 1.